The summed E-state index contributed by atoms with van der Waals surface area (Å²) < 4.78 is 2.06. The van der Waals surface area contributed by atoms with Gasteiger partial charge >= 0.3 is 0 Å². The van der Waals surface area contributed by atoms with Crippen molar-refractivity contribution >= 4 is 5.69 Å². The second kappa shape index (κ2) is 5.04. The van der Waals surface area contributed by atoms with E-state index in [1.165, 1.54) is 16.8 Å². The molecule has 0 saturated carbocycles. The molecule has 0 aliphatic heterocycles. The molecule has 17 heavy (non-hydrogen) atoms. The van der Waals surface area contributed by atoms with Gasteiger partial charge in [0.15, 0.2) is 0 Å². The Kier molecular flexibility index (Phi) is 3.47. The van der Waals surface area contributed by atoms with Gasteiger partial charge in [-0.25, -0.2) is 4.98 Å². The number of aromatic nitrogens is 2. The van der Waals surface area contributed by atoms with E-state index >= 15 is 0 Å². The predicted octanol–water partition coefficient (Wildman–Crippen LogP) is 2.69. The van der Waals surface area contributed by atoms with Gasteiger partial charge in [-0.2, -0.15) is 0 Å². The first-order valence-electron chi connectivity index (χ1n) is 5.94. The summed E-state index contributed by atoms with van der Waals surface area (Å²) in [5.74, 6) is 1.11. The fraction of sp³-hybridized carbons (Fsp3) is 0.357. The Morgan fingerprint density at radius 1 is 1.29 bits per heavy atom. The fourth-order valence-electron chi connectivity index (χ4n) is 1.87. The summed E-state index contributed by atoms with van der Waals surface area (Å²) in [5, 5.41) is 3.47. The summed E-state index contributed by atoms with van der Waals surface area (Å²) in [7, 11) is 2.03. The van der Waals surface area contributed by atoms with Gasteiger partial charge in [0.2, 0.25) is 0 Å². The second-order valence-electron chi connectivity index (χ2n) is 4.45. The first-order valence-corrected chi connectivity index (χ1v) is 5.94. The molecule has 0 atom stereocenters. The van der Waals surface area contributed by atoms with Crippen molar-refractivity contribution in [2.24, 2.45) is 7.05 Å². The minimum Gasteiger partial charge on any atom is -0.384 e. The first-order chi connectivity index (χ1) is 8.16. The van der Waals surface area contributed by atoms with Gasteiger partial charge in [-0.15, -0.1) is 0 Å². The molecule has 90 valence electrons. The average Bonchev–Trinajstić information content (AvgIpc) is 2.70. The first kappa shape index (κ1) is 11.7. The van der Waals surface area contributed by atoms with Gasteiger partial charge in [-0.05, 0) is 31.0 Å². The monoisotopic (exact) mass is 229 g/mol. The molecule has 3 nitrogen and oxygen atoms in total. The van der Waals surface area contributed by atoms with Gasteiger partial charge in [0.25, 0.3) is 0 Å². The fourth-order valence-corrected chi connectivity index (χ4v) is 1.87. The Balaban J connectivity index is 1.94. The van der Waals surface area contributed by atoms with E-state index in [0.717, 1.165) is 18.8 Å². The average molecular weight is 229 g/mol. The third-order valence-electron chi connectivity index (χ3n) is 2.98. The molecule has 1 N–H and O–H groups in total. The van der Waals surface area contributed by atoms with Crippen LogP contribution in [-0.2, 0) is 13.5 Å². The van der Waals surface area contributed by atoms with Crippen LogP contribution in [0.25, 0.3) is 0 Å². The number of hydrogen-bond acceptors (Lipinski definition) is 2. The standard InChI is InChI=1S/C14H19N3/c1-11-4-5-12(2)13(10-11)15-7-6-14-16-8-9-17(14)3/h4-5,8-10,15H,6-7H2,1-3H3. The third-order valence-corrected chi connectivity index (χ3v) is 2.98. The van der Waals surface area contributed by atoms with E-state index < -0.39 is 0 Å². The van der Waals surface area contributed by atoms with E-state index in [-0.39, 0.29) is 0 Å². The van der Waals surface area contributed by atoms with Crippen LogP contribution < -0.4 is 5.32 Å². The van der Waals surface area contributed by atoms with Crippen molar-refractivity contribution in [2.45, 2.75) is 20.3 Å². The number of anilines is 1. The summed E-state index contributed by atoms with van der Waals surface area (Å²) in [6.45, 7) is 5.15. The summed E-state index contributed by atoms with van der Waals surface area (Å²) >= 11 is 0. The van der Waals surface area contributed by atoms with Crippen LogP contribution in [0.1, 0.15) is 17.0 Å². The zero-order valence-corrected chi connectivity index (χ0v) is 10.7. The number of rotatable bonds is 4. The molecule has 0 spiro atoms. The van der Waals surface area contributed by atoms with Crippen LogP contribution in [0.5, 0.6) is 0 Å². The topological polar surface area (TPSA) is 29.9 Å². The highest BCUT2D eigenvalue weighted by atomic mass is 15.0. The van der Waals surface area contributed by atoms with E-state index in [0.29, 0.717) is 0 Å². The van der Waals surface area contributed by atoms with Crippen molar-refractivity contribution in [3.63, 3.8) is 0 Å². The molecule has 1 heterocycles. The highest BCUT2D eigenvalue weighted by Crippen LogP contribution is 2.16. The van der Waals surface area contributed by atoms with Crippen LogP contribution in [0.15, 0.2) is 30.6 Å². The maximum atomic E-state index is 4.31. The van der Waals surface area contributed by atoms with Crippen molar-refractivity contribution in [3.8, 4) is 0 Å². The van der Waals surface area contributed by atoms with Gasteiger partial charge in [-0.1, -0.05) is 12.1 Å². The molecule has 2 aromatic rings. The van der Waals surface area contributed by atoms with Crippen molar-refractivity contribution in [1.82, 2.24) is 9.55 Å². The van der Waals surface area contributed by atoms with Crippen molar-refractivity contribution in [3.05, 3.63) is 47.5 Å². The molecule has 0 amide bonds. The maximum Gasteiger partial charge on any atom is 0.110 e. The highest BCUT2D eigenvalue weighted by Gasteiger charge is 2.00. The van der Waals surface area contributed by atoms with Crippen LogP contribution in [0.2, 0.25) is 0 Å². The smallest absolute Gasteiger partial charge is 0.110 e. The van der Waals surface area contributed by atoms with E-state index in [4.69, 9.17) is 0 Å². The molecule has 0 bridgehead atoms. The van der Waals surface area contributed by atoms with Crippen LogP contribution in [-0.4, -0.2) is 16.1 Å². The van der Waals surface area contributed by atoms with Gasteiger partial charge < -0.3 is 9.88 Å². The van der Waals surface area contributed by atoms with Crippen LogP contribution in [0.4, 0.5) is 5.69 Å². The van der Waals surface area contributed by atoms with Gasteiger partial charge in [-0.3, -0.25) is 0 Å². The highest BCUT2D eigenvalue weighted by molar-refractivity contribution is 5.52. The minimum atomic E-state index is 0.912. The zero-order chi connectivity index (χ0) is 12.3. The van der Waals surface area contributed by atoms with Crippen molar-refractivity contribution < 1.29 is 0 Å². The minimum absolute atomic E-state index is 0.912. The number of aryl methyl sites for hydroxylation is 3. The molecular formula is C14H19N3. The van der Waals surface area contributed by atoms with Gasteiger partial charge in [0, 0.05) is 38.1 Å². The lowest BCUT2D eigenvalue weighted by Gasteiger charge is -2.10. The summed E-state index contributed by atoms with van der Waals surface area (Å²) in [5.41, 5.74) is 3.80. The Labute approximate surface area is 103 Å². The molecule has 2 rings (SSSR count). The molecule has 0 saturated heterocycles. The molecule has 0 fully saturated rings. The SMILES string of the molecule is Cc1ccc(C)c(NCCc2nccn2C)c1. The molecule has 0 unspecified atom stereocenters. The van der Waals surface area contributed by atoms with Crippen LogP contribution in [0.3, 0.4) is 0 Å². The zero-order valence-electron chi connectivity index (χ0n) is 10.7. The van der Waals surface area contributed by atoms with Crippen molar-refractivity contribution in [1.29, 1.82) is 0 Å². The molecule has 1 aromatic carbocycles. The van der Waals surface area contributed by atoms with E-state index in [1.54, 1.807) is 0 Å². The third kappa shape index (κ3) is 2.87. The lowest BCUT2D eigenvalue weighted by Crippen LogP contribution is -2.09. The molecule has 0 aliphatic carbocycles. The van der Waals surface area contributed by atoms with Crippen LogP contribution >= 0.6 is 0 Å². The summed E-state index contributed by atoms with van der Waals surface area (Å²) in [6.07, 6.45) is 4.76. The number of hydrogen-bond donors (Lipinski definition) is 1. The molecule has 0 aliphatic rings. The lowest BCUT2D eigenvalue weighted by atomic mass is 10.1. The molecule has 0 radical (unpaired) electrons. The van der Waals surface area contributed by atoms with Gasteiger partial charge in [0.05, 0.1) is 0 Å². The molecule has 3 heteroatoms. The summed E-state index contributed by atoms with van der Waals surface area (Å²) in [6, 6.07) is 6.48. The number of nitrogens with one attached hydrogen (secondary N) is 1. The maximum absolute atomic E-state index is 4.31. The number of benzene rings is 1. The quantitative estimate of drug-likeness (QED) is 0.873. The number of imidazole rings is 1. The Morgan fingerprint density at radius 2 is 2.12 bits per heavy atom. The van der Waals surface area contributed by atoms with Crippen molar-refractivity contribution in [2.75, 3.05) is 11.9 Å². The normalized spacial score (nSPS) is 10.5. The van der Waals surface area contributed by atoms with E-state index in [1.807, 2.05) is 19.4 Å². The summed E-state index contributed by atoms with van der Waals surface area (Å²) in [4.78, 5) is 4.31. The second-order valence-corrected chi connectivity index (χ2v) is 4.45. The van der Waals surface area contributed by atoms with Gasteiger partial charge in [0.1, 0.15) is 5.82 Å². The number of nitrogens with zero attached hydrogens (tertiary/aromatic N) is 2. The predicted molar refractivity (Wildman–Crippen MR) is 71.3 cm³/mol. The largest absolute Gasteiger partial charge is 0.384 e. The lowest BCUT2D eigenvalue weighted by molar-refractivity contribution is 0.789. The Bertz CT molecular complexity index is 500. The van der Waals surface area contributed by atoms with E-state index in [9.17, 15) is 0 Å². The van der Waals surface area contributed by atoms with E-state index in [2.05, 4.69) is 46.9 Å². The molecule has 1 aromatic heterocycles. The Morgan fingerprint density at radius 3 is 2.82 bits per heavy atom. The van der Waals surface area contributed by atoms with Crippen LogP contribution in [0, 0.1) is 13.8 Å². The molecular weight excluding hydrogens is 210 g/mol. The Hall–Kier alpha value is -1.77.